The first-order chi connectivity index (χ1) is 12.8. The van der Waals surface area contributed by atoms with Crippen LogP contribution in [-0.4, -0.2) is 30.7 Å². The van der Waals surface area contributed by atoms with Crippen LogP contribution in [-0.2, 0) is 10.0 Å². The monoisotopic (exact) mass is 387 g/mol. The summed E-state index contributed by atoms with van der Waals surface area (Å²) in [6.45, 7) is 5.57. The summed E-state index contributed by atoms with van der Waals surface area (Å²) in [4.78, 5) is 4.34. The number of hydrogen-bond acceptors (Lipinski definition) is 6. The molecule has 3 aromatic rings. The van der Waals surface area contributed by atoms with Gasteiger partial charge in [0.15, 0.2) is 0 Å². The minimum absolute atomic E-state index is 0.0435. The van der Waals surface area contributed by atoms with Crippen LogP contribution in [0.2, 0.25) is 0 Å². The van der Waals surface area contributed by atoms with E-state index in [9.17, 15) is 8.42 Å². The molecule has 2 aromatic carbocycles. The summed E-state index contributed by atoms with van der Waals surface area (Å²) in [5, 5.41) is 9.58. The number of methoxy groups -OCH3 is 1. The summed E-state index contributed by atoms with van der Waals surface area (Å²) in [7, 11) is -2.22. The average Bonchev–Trinajstić information content (AvgIpc) is 3.04. The fourth-order valence-electron chi connectivity index (χ4n) is 2.60. The van der Waals surface area contributed by atoms with Crippen molar-refractivity contribution in [2.45, 2.75) is 25.7 Å². The van der Waals surface area contributed by atoms with E-state index in [0.29, 0.717) is 17.3 Å². The van der Waals surface area contributed by atoms with Gasteiger partial charge in [0.2, 0.25) is 5.95 Å². The smallest absolute Gasteiger partial charge is 0.264 e. The van der Waals surface area contributed by atoms with Crippen LogP contribution in [0.15, 0.2) is 41.3 Å². The number of hydrogen-bond donors (Lipinski definition) is 3. The van der Waals surface area contributed by atoms with Crippen molar-refractivity contribution in [3.05, 3.63) is 53.1 Å². The second kappa shape index (κ2) is 7.28. The van der Waals surface area contributed by atoms with Gasteiger partial charge in [-0.15, -0.1) is 5.10 Å². The van der Waals surface area contributed by atoms with Crippen LogP contribution in [0.4, 0.5) is 17.6 Å². The van der Waals surface area contributed by atoms with Crippen molar-refractivity contribution >= 4 is 27.6 Å². The molecular weight excluding hydrogens is 366 g/mol. The third-order valence-electron chi connectivity index (χ3n) is 4.12. The van der Waals surface area contributed by atoms with E-state index < -0.39 is 10.0 Å². The highest BCUT2D eigenvalue weighted by atomic mass is 32.2. The number of benzene rings is 2. The van der Waals surface area contributed by atoms with E-state index in [1.807, 2.05) is 38.1 Å². The molecule has 0 aliphatic carbocycles. The normalized spacial score (nSPS) is 11.3. The maximum absolute atomic E-state index is 12.7. The number of sulfonamides is 1. The maximum atomic E-state index is 12.7. The minimum Gasteiger partial charge on any atom is -0.497 e. The van der Waals surface area contributed by atoms with Crippen molar-refractivity contribution in [3.63, 3.8) is 0 Å². The van der Waals surface area contributed by atoms with E-state index in [1.54, 1.807) is 26.2 Å². The fraction of sp³-hybridized carbons (Fsp3) is 0.222. The lowest BCUT2D eigenvalue weighted by Gasteiger charge is -2.10. The summed E-state index contributed by atoms with van der Waals surface area (Å²) in [5.41, 5.74) is 3.33. The van der Waals surface area contributed by atoms with Crippen molar-refractivity contribution < 1.29 is 13.2 Å². The van der Waals surface area contributed by atoms with Crippen molar-refractivity contribution in [1.82, 2.24) is 15.2 Å². The number of ether oxygens (including phenoxy) is 1. The molecule has 8 nitrogen and oxygen atoms in total. The molecule has 0 amide bonds. The first kappa shape index (κ1) is 18.7. The summed E-state index contributed by atoms with van der Waals surface area (Å²) < 4.78 is 33.0. The molecule has 0 aliphatic heterocycles. The van der Waals surface area contributed by atoms with E-state index in [0.717, 1.165) is 16.8 Å². The van der Waals surface area contributed by atoms with E-state index in [1.165, 1.54) is 0 Å². The van der Waals surface area contributed by atoms with Crippen LogP contribution in [0.25, 0.3) is 0 Å². The lowest BCUT2D eigenvalue weighted by molar-refractivity contribution is 0.415. The predicted molar refractivity (Wildman–Crippen MR) is 104 cm³/mol. The topological polar surface area (TPSA) is 109 Å². The van der Waals surface area contributed by atoms with Crippen molar-refractivity contribution in [2.75, 3.05) is 17.1 Å². The van der Waals surface area contributed by atoms with Crippen LogP contribution < -0.4 is 14.8 Å². The zero-order valence-electron chi connectivity index (χ0n) is 15.5. The number of anilines is 3. The van der Waals surface area contributed by atoms with Crippen molar-refractivity contribution in [3.8, 4) is 5.75 Å². The molecule has 0 fully saturated rings. The van der Waals surface area contributed by atoms with Crippen molar-refractivity contribution in [2.24, 2.45) is 0 Å². The number of aromatic nitrogens is 3. The van der Waals surface area contributed by atoms with Gasteiger partial charge in [0.25, 0.3) is 16.0 Å². The highest BCUT2D eigenvalue weighted by Crippen LogP contribution is 2.23. The first-order valence-corrected chi connectivity index (χ1v) is 9.71. The van der Waals surface area contributed by atoms with Gasteiger partial charge in [-0.25, -0.2) is 18.2 Å². The van der Waals surface area contributed by atoms with Gasteiger partial charge in [-0.1, -0.05) is 12.1 Å². The highest BCUT2D eigenvalue weighted by Gasteiger charge is 2.20. The Hall–Kier alpha value is -3.07. The molecule has 0 radical (unpaired) electrons. The minimum atomic E-state index is -3.80. The lowest BCUT2D eigenvalue weighted by atomic mass is 10.1. The first-order valence-electron chi connectivity index (χ1n) is 8.22. The van der Waals surface area contributed by atoms with E-state index in [-0.39, 0.29) is 10.8 Å². The second-order valence-electron chi connectivity index (χ2n) is 6.17. The van der Waals surface area contributed by atoms with Gasteiger partial charge in [-0.2, -0.15) is 4.98 Å². The van der Waals surface area contributed by atoms with Gasteiger partial charge < -0.3 is 10.1 Å². The standard InChI is InChI=1S/C18H21N5O3S/c1-11-8-13(3)16(9-12(11)2)27(24,25)23-18-20-17(21-22-18)19-14-6-5-7-15(10-14)26-4/h5-10H,1-4H3,(H3,19,20,21,22,23). The number of nitrogens with zero attached hydrogens (tertiary/aromatic N) is 2. The molecule has 0 unspecified atom stereocenters. The van der Waals surface area contributed by atoms with Gasteiger partial charge >= 0.3 is 0 Å². The molecule has 0 atom stereocenters. The summed E-state index contributed by atoms with van der Waals surface area (Å²) >= 11 is 0. The second-order valence-corrected chi connectivity index (χ2v) is 7.82. The molecule has 142 valence electrons. The van der Waals surface area contributed by atoms with Crippen LogP contribution in [0.3, 0.4) is 0 Å². The van der Waals surface area contributed by atoms with Crippen LogP contribution >= 0.6 is 0 Å². The number of H-pyrrole nitrogens is 1. The van der Waals surface area contributed by atoms with Gasteiger partial charge in [-0.05, 0) is 55.7 Å². The van der Waals surface area contributed by atoms with Crippen LogP contribution in [0.1, 0.15) is 16.7 Å². The molecular formula is C18H21N5O3S. The molecule has 0 bridgehead atoms. The average molecular weight is 387 g/mol. The van der Waals surface area contributed by atoms with E-state index >= 15 is 0 Å². The number of aromatic amines is 1. The lowest BCUT2D eigenvalue weighted by Crippen LogP contribution is -2.15. The van der Waals surface area contributed by atoms with Gasteiger partial charge in [0.1, 0.15) is 5.75 Å². The molecule has 1 aromatic heterocycles. The van der Waals surface area contributed by atoms with Crippen LogP contribution in [0, 0.1) is 20.8 Å². The summed E-state index contributed by atoms with van der Waals surface area (Å²) in [5.74, 6) is 0.946. The summed E-state index contributed by atoms with van der Waals surface area (Å²) in [6, 6.07) is 10.7. The summed E-state index contributed by atoms with van der Waals surface area (Å²) in [6.07, 6.45) is 0. The molecule has 1 heterocycles. The highest BCUT2D eigenvalue weighted by molar-refractivity contribution is 7.92. The molecule has 0 aliphatic rings. The Morgan fingerprint density at radius 1 is 1.04 bits per heavy atom. The Balaban J connectivity index is 1.79. The SMILES string of the molecule is COc1cccc(Nc2nc(NS(=O)(=O)c3cc(C)c(C)cc3C)n[nH]2)c1. The Labute approximate surface area is 158 Å². The van der Waals surface area contributed by atoms with E-state index in [4.69, 9.17) is 4.74 Å². The maximum Gasteiger partial charge on any atom is 0.264 e. The van der Waals surface area contributed by atoms with Crippen LogP contribution in [0.5, 0.6) is 5.75 Å². The molecule has 0 saturated heterocycles. The largest absolute Gasteiger partial charge is 0.497 e. The Morgan fingerprint density at radius 2 is 1.78 bits per heavy atom. The third-order valence-corrected chi connectivity index (χ3v) is 5.59. The molecule has 9 heteroatoms. The molecule has 0 saturated carbocycles. The predicted octanol–water partition coefficient (Wildman–Crippen LogP) is 3.28. The number of nitrogens with one attached hydrogen (secondary N) is 3. The number of rotatable bonds is 6. The molecule has 0 spiro atoms. The zero-order valence-corrected chi connectivity index (χ0v) is 16.3. The fourth-order valence-corrected chi connectivity index (χ4v) is 3.86. The zero-order chi connectivity index (χ0) is 19.6. The molecule has 3 rings (SSSR count). The molecule has 27 heavy (non-hydrogen) atoms. The van der Waals surface area contributed by atoms with Gasteiger partial charge in [0.05, 0.1) is 12.0 Å². The third kappa shape index (κ3) is 4.20. The quantitative estimate of drug-likeness (QED) is 0.599. The van der Waals surface area contributed by atoms with Gasteiger partial charge in [0, 0.05) is 11.8 Å². The number of aryl methyl sites for hydroxylation is 3. The Bertz CT molecular complexity index is 1080. The Morgan fingerprint density at radius 3 is 2.52 bits per heavy atom. The molecule has 3 N–H and O–H groups in total. The van der Waals surface area contributed by atoms with E-state index in [2.05, 4.69) is 25.2 Å². The Kier molecular flexibility index (Phi) is 5.04. The van der Waals surface area contributed by atoms with Gasteiger partial charge in [-0.3, -0.25) is 0 Å². The van der Waals surface area contributed by atoms with Crippen molar-refractivity contribution in [1.29, 1.82) is 0 Å².